The van der Waals surface area contributed by atoms with Crippen molar-refractivity contribution in [2.45, 2.75) is 32.7 Å². The van der Waals surface area contributed by atoms with Gasteiger partial charge in [-0.25, -0.2) is 14.8 Å². The third-order valence-corrected chi connectivity index (χ3v) is 6.43. The minimum atomic E-state index is -1.36. The number of carboxylic acids is 1. The first-order valence-corrected chi connectivity index (χ1v) is 12.3. The van der Waals surface area contributed by atoms with Crippen LogP contribution in [0, 0.1) is 13.8 Å². The summed E-state index contributed by atoms with van der Waals surface area (Å²) in [5.74, 6) is -1.85. The van der Waals surface area contributed by atoms with E-state index in [-0.39, 0.29) is 17.9 Å². The number of halogens is 1. The van der Waals surface area contributed by atoms with Crippen molar-refractivity contribution in [1.29, 1.82) is 0 Å². The number of phenols is 1. The van der Waals surface area contributed by atoms with Gasteiger partial charge in [-0.1, -0.05) is 23.7 Å². The van der Waals surface area contributed by atoms with Crippen LogP contribution < -0.4 is 16.0 Å². The van der Waals surface area contributed by atoms with Crippen molar-refractivity contribution in [3.05, 3.63) is 68.1 Å². The minimum Gasteiger partial charge on any atom is -0.508 e. The van der Waals surface area contributed by atoms with Crippen LogP contribution in [0.4, 0.5) is 5.95 Å². The highest BCUT2D eigenvalue weighted by atomic mass is 35.5. The molecule has 5 N–H and O–H groups in total. The van der Waals surface area contributed by atoms with Crippen LogP contribution in [0.3, 0.4) is 0 Å². The Kier molecular flexibility index (Phi) is 9.20. The molecule has 0 radical (unpaired) electrons. The van der Waals surface area contributed by atoms with Crippen molar-refractivity contribution < 1.29 is 24.6 Å². The quantitative estimate of drug-likeness (QED) is 0.236. The molecule has 0 bridgehead atoms. The number of hydrogen-bond acceptors (Lipinski definition) is 8. The number of aliphatic carboxylic acids is 1. The molecule has 0 aliphatic carbocycles. The number of carboxylic acid groups (broad SMARTS) is 1. The smallest absolute Gasteiger partial charge is 0.328 e. The number of aromatic nitrogens is 2. The second-order valence-corrected chi connectivity index (χ2v) is 9.69. The van der Waals surface area contributed by atoms with Crippen LogP contribution in [0.1, 0.15) is 43.4 Å². The maximum absolute atomic E-state index is 12.9. The molecule has 0 unspecified atom stereocenters. The molecule has 0 saturated carbocycles. The maximum atomic E-state index is 12.9. The van der Waals surface area contributed by atoms with Gasteiger partial charge in [0.2, 0.25) is 5.95 Å². The van der Waals surface area contributed by atoms with E-state index in [9.17, 15) is 24.6 Å². The van der Waals surface area contributed by atoms with Crippen LogP contribution in [-0.2, 0) is 11.2 Å². The van der Waals surface area contributed by atoms with Gasteiger partial charge >= 0.3 is 5.97 Å². The van der Waals surface area contributed by atoms with E-state index in [4.69, 9.17) is 11.6 Å². The molecule has 2 aromatic heterocycles. The van der Waals surface area contributed by atoms with Crippen LogP contribution in [-0.4, -0.2) is 57.1 Å². The SMILES string of the molecule is Cc1nc(NCCCc2cccc(O)c2)nc(C)c1C(=O)N[C@@H](CNC(=O)c1ccc(Cl)s1)C(=O)O. The molecule has 3 rings (SSSR count). The average molecular weight is 532 g/mol. The monoisotopic (exact) mass is 531 g/mol. The Labute approximate surface area is 216 Å². The molecule has 3 aromatic rings. The molecule has 2 amide bonds. The number of hydrogen-bond donors (Lipinski definition) is 5. The zero-order chi connectivity index (χ0) is 26.2. The number of benzene rings is 1. The number of rotatable bonds is 11. The van der Waals surface area contributed by atoms with Gasteiger partial charge in [-0.2, -0.15) is 0 Å². The van der Waals surface area contributed by atoms with E-state index < -0.39 is 23.8 Å². The standard InChI is InChI=1S/C24H26ClN5O5S/c1-13-20(14(2)29-24(28-13)26-10-4-6-15-5-3-7-16(31)11-15)22(33)30-17(23(34)35)12-27-21(32)18-8-9-19(25)36-18/h3,5,7-9,11,17,31H,4,6,10,12H2,1-2H3,(H,27,32)(H,30,33)(H,34,35)(H,26,28,29)/t17-/m0/s1. The van der Waals surface area contributed by atoms with Gasteiger partial charge in [-0.3, -0.25) is 9.59 Å². The molecule has 10 nitrogen and oxygen atoms in total. The first-order valence-electron chi connectivity index (χ1n) is 11.1. The van der Waals surface area contributed by atoms with Gasteiger partial charge in [0.1, 0.15) is 11.8 Å². The number of carbonyl (C=O) groups excluding carboxylic acids is 2. The Morgan fingerprint density at radius 1 is 1.08 bits per heavy atom. The number of nitrogens with one attached hydrogen (secondary N) is 3. The summed E-state index contributed by atoms with van der Waals surface area (Å²) in [6.45, 7) is 3.54. The van der Waals surface area contributed by atoms with Gasteiger partial charge in [0, 0.05) is 13.1 Å². The van der Waals surface area contributed by atoms with Gasteiger partial charge in [-0.05, 0) is 56.5 Å². The molecular weight excluding hydrogens is 506 g/mol. The van der Waals surface area contributed by atoms with Gasteiger partial charge < -0.3 is 26.2 Å². The summed E-state index contributed by atoms with van der Waals surface area (Å²) in [4.78, 5) is 45.7. The normalized spacial score (nSPS) is 11.5. The van der Waals surface area contributed by atoms with Gasteiger partial charge in [0.15, 0.2) is 0 Å². The summed E-state index contributed by atoms with van der Waals surface area (Å²) in [6, 6.07) is 8.80. The lowest BCUT2D eigenvalue weighted by Gasteiger charge is -2.17. The van der Waals surface area contributed by atoms with Crippen molar-refractivity contribution in [3.8, 4) is 5.75 Å². The fourth-order valence-electron chi connectivity index (χ4n) is 3.48. The summed E-state index contributed by atoms with van der Waals surface area (Å²) in [7, 11) is 0. The summed E-state index contributed by atoms with van der Waals surface area (Å²) in [5, 5.41) is 27.1. The predicted molar refractivity (Wildman–Crippen MR) is 137 cm³/mol. The first kappa shape index (κ1) is 26.9. The predicted octanol–water partition coefficient (Wildman–Crippen LogP) is 3.17. The molecule has 12 heteroatoms. The lowest BCUT2D eigenvalue weighted by Crippen LogP contribution is -2.48. The fraction of sp³-hybridized carbons (Fsp3) is 0.292. The molecule has 0 spiro atoms. The van der Waals surface area contributed by atoms with E-state index in [1.807, 2.05) is 6.07 Å². The highest BCUT2D eigenvalue weighted by Crippen LogP contribution is 2.21. The number of anilines is 1. The Balaban J connectivity index is 1.57. The van der Waals surface area contributed by atoms with Gasteiger partial charge in [0.25, 0.3) is 11.8 Å². The fourth-order valence-corrected chi connectivity index (χ4v) is 4.44. The summed E-state index contributed by atoms with van der Waals surface area (Å²) in [6.07, 6.45) is 1.53. The molecule has 0 aliphatic rings. The van der Waals surface area contributed by atoms with E-state index >= 15 is 0 Å². The lowest BCUT2D eigenvalue weighted by molar-refractivity contribution is -0.139. The Bertz CT molecular complexity index is 1240. The third kappa shape index (κ3) is 7.40. The number of aryl methyl sites for hydroxylation is 3. The molecule has 190 valence electrons. The molecule has 36 heavy (non-hydrogen) atoms. The van der Waals surface area contributed by atoms with E-state index in [0.717, 1.165) is 29.7 Å². The largest absolute Gasteiger partial charge is 0.508 e. The second-order valence-electron chi connectivity index (χ2n) is 7.97. The van der Waals surface area contributed by atoms with Crippen molar-refractivity contribution in [1.82, 2.24) is 20.6 Å². The Morgan fingerprint density at radius 2 is 1.81 bits per heavy atom. The zero-order valence-corrected chi connectivity index (χ0v) is 21.2. The Morgan fingerprint density at radius 3 is 2.42 bits per heavy atom. The van der Waals surface area contributed by atoms with Crippen LogP contribution in [0.15, 0.2) is 36.4 Å². The van der Waals surface area contributed by atoms with Crippen LogP contribution in [0.25, 0.3) is 0 Å². The number of carbonyl (C=O) groups is 3. The first-order chi connectivity index (χ1) is 17.1. The number of thiophene rings is 1. The molecular formula is C24H26ClN5O5S. The summed E-state index contributed by atoms with van der Waals surface area (Å²) >= 11 is 6.89. The lowest BCUT2D eigenvalue weighted by atomic mass is 10.1. The molecule has 0 saturated heterocycles. The van der Waals surface area contributed by atoms with Gasteiger partial charge in [-0.15, -0.1) is 11.3 Å². The van der Waals surface area contributed by atoms with Crippen LogP contribution >= 0.6 is 22.9 Å². The maximum Gasteiger partial charge on any atom is 0.328 e. The van der Waals surface area contributed by atoms with Crippen molar-refractivity contribution >= 4 is 46.7 Å². The van der Waals surface area contributed by atoms with Crippen molar-refractivity contribution in [2.24, 2.45) is 0 Å². The van der Waals surface area contributed by atoms with Crippen LogP contribution in [0.2, 0.25) is 4.34 Å². The number of nitrogens with zero attached hydrogens (tertiary/aromatic N) is 2. The average Bonchev–Trinajstić information content (AvgIpc) is 3.25. The molecule has 0 fully saturated rings. The molecule has 2 heterocycles. The summed E-state index contributed by atoms with van der Waals surface area (Å²) in [5.41, 5.74) is 1.96. The van der Waals surface area contributed by atoms with Crippen LogP contribution in [0.5, 0.6) is 5.75 Å². The number of amides is 2. The zero-order valence-electron chi connectivity index (χ0n) is 19.7. The number of aromatic hydroxyl groups is 1. The third-order valence-electron chi connectivity index (χ3n) is 5.20. The van der Waals surface area contributed by atoms with E-state index in [2.05, 4.69) is 25.9 Å². The van der Waals surface area contributed by atoms with E-state index in [1.165, 1.54) is 6.07 Å². The highest BCUT2D eigenvalue weighted by molar-refractivity contribution is 7.18. The molecule has 0 aliphatic heterocycles. The molecule has 1 atom stereocenters. The minimum absolute atomic E-state index is 0.169. The van der Waals surface area contributed by atoms with E-state index in [0.29, 0.717) is 33.1 Å². The highest BCUT2D eigenvalue weighted by Gasteiger charge is 2.25. The molecule has 1 aromatic carbocycles. The number of phenolic OH excluding ortho intramolecular Hbond substituents is 1. The van der Waals surface area contributed by atoms with Crippen molar-refractivity contribution in [2.75, 3.05) is 18.4 Å². The van der Waals surface area contributed by atoms with E-state index in [1.54, 1.807) is 38.1 Å². The van der Waals surface area contributed by atoms with Gasteiger partial charge in [0.05, 0.1) is 26.2 Å². The Hall–Kier alpha value is -3.70. The topological polar surface area (TPSA) is 154 Å². The van der Waals surface area contributed by atoms with Crippen molar-refractivity contribution in [3.63, 3.8) is 0 Å². The second kappa shape index (κ2) is 12.3. The summed E-state index contributed by atoms with van der Waals surface area (Å²) < 4.78 is 0.434.